The van der Waals surface area contributed by atoms with Crippen LogP contribution in [-0.4, -0.2) is 25.1 Å². The summed E-state index contributed by atoms with van der Waals surface area (Å²) in [6.07, 6.45) is 0. The van der Waals surface area contributed by atoms with Crippen molar-refractivity contribution in [3.63, 3.8) is 0 Å². The van der Waals surface area contributed by atoms with Crippen LogP contribution in [0.15, 0.2) is 36.4 Å². The van der Waals surface area contributed by atoms with Crippen LogP contribution >= 0.6 is 0 Å². The number of hydrogen-bond acceptors (Lipinski definition) is 1. The zero-order valence-electron chi connectivity index (χ0n) is 6.69. The molecule has 1 atom stereocenters. The van der Waals surface area contributed by atoms with Crippen LogP contribution in [0.5, 0.6) is 0 Å². The van der Waals surface area contributed by atoms with Gasteiger partial charge < -0.3 is 0 Å². The molecule has 1 heterocycles. The van der Waals surface area contributed by atoms with Crippen molar-refractivity contribution in [3.05, 3.63) is 36.4 Å². The van der Waals surface area contributed by atoms with Gasteiger partial charge in [0.05, 0.1) is 0 Å². The molecule has 13 heavy (non-hydrogen) atoms. The first-order chi connectivity index (χ1) is 6.36. The van der Waals surface area contributed by atoms with Gasteiger partial charge in [-0.2, -0.15) is 0 Å². The molecule has 2 aromatic carbocycles. The molecule has 0 bridgehead atoms. The van der Waals surface area contributed by atoms with E-state index in [9.17, 15) is 3.83 Å². The summed E-state index contributed by atoms with van der Waals surface area (Å²) in [4.78, 5) is 0. The molecule has 0 fully saturated rings. The Balaban J connectivity index is 2.58. The van der Waals surface area contributed by atoms with Gasteiger partial charge in [-0.3, -0.25) is 0 Å². The molecular formula is C10H6OSe2. The molecule has 1 nitrogen and oxygen atoms in total. The van der Waals surface area contributed by atoms with E-state index in [1.165, 1.54) is 15.2 Å². The second-order valence-corrected chi connectivity index (χ2v) is 11.2. The van der Waals surface area contributed by atoms with Gasteiger partial charge in [0.1, 0.15) is 0 Å². The molecule has 0 aromatic heterocycles. The van der Waals surface area contributed by atoms with E-state index in [-0.39, 0.29) is 13.1 Å². The van der Waals surface area contributed by atoms with Crippen molar-refractivity contribution in [1.82, 2.24) is 0 Å². The normalized spacial score (nSPS) is 19.5. The van der Waals surface area contributed by atoms with Crippen LogP contribution in [-0.2, 0) is 3.83 Å². The summed E-state index contributed by atoms with van der Waals surface area (Å²) in [5.41, 5.74) is 0. The zero-order valence-corrected chi connectivity index (χ0v) is 10.1. The van der Waals surface area contributed by atoms with Gasteiger partial charge in [0, 0.05) is 0 Å². The van der Waals surface area contributed by atoms with Crippen molar-refractivity contribution in [2.45, 2.75) is 0 Å². The second kappa shape index (κ2) is 2.76. The van der Waals surface area contributed by atoms with E-state index in [1.807, 2.05) is 12.1 Å². The Hall–Kier alpha value is -0.461. The Labute approximate surface area is 84.9 Å². The van der Waals surface area contributed by atoms with Crippen LogP contribution in [0.25, 0.3) is 10.8 Å². The monoisotopic (exact) mass is 302 g/mol. The fourth-order valence-electron chi connectivity index (χ4n) is 1.61. The standard InChI is InChI=1S/C10H6OSe2/c11-13-9-6-2-4-7-3-1-5-8(12-13)10(7)9/h1-6H. The van der Waals surface area contributed by atoms with Gasteiger partial charge in [-0.15, -0.1) is 0 Å². The summed E-state index contributed by atoms with van der Waals surface area (Å²) in [5.74, 6) is 0. The Morgan fingerprint density at radius 1 is 1.08 bits per heavy atom. The molecule has 1 aliphatic rings. The average molecular weight is 300 g/mol. The van der Waals surface area contributed by atoms with Crippen LogP contribution < -0.4 is 8.92 Å². The summed E-state index contributed by atoms with van der Waals surface area (Å²) in [5, 5.41) is 2.53. The Bertz CT molecular complexity index is 514. The molecule has 0 saturated heterocycles. The van der Waals surface area contributed by atoms with Crippen molar-refractivity contribution in [2.75, 3.05) is 0 Å². The molecule has 0 saturated carbocycles. The van der Waals surface area contributed by atoms with Gasteiger partial charge in [-0.05, 0) is 0 Å². The van der Waals surface area contributed by atoms with Crippen molar-refractivity contribution in [2.24, 2.45) is 0 Å². The fourth-order valence-corrected chi connectivity index (χ4v) is 10.4. The average Bonchev–Trinajstić information content (AvgIpc) is 2.47. The molecule has 0 N–H and O–H groups in total. The molecule has 3 heteroatoms. The van der Waals surface area contributed by atoms with Gasteiger partial charge in [-0.25, -0.2) is 0 Å². The Kier molecular flexibility index (Phi) is 1.68. The molecule has 3 rings (SSSR count). The third-order valence-electron chi connectivity index (χ3n) is 2.17. The second-order valence-electron chi connectivity index (χ2n) is 2.93. The summed E-state index contributed by atoms with van der Waals surface area (Å²) in [6.45, 7) is 0. The summed E-state index contributed by atoms with van der Waals surface area (Å²) >= 11 is -1.45. The Morgan fingerprint density at radius 2 is 1.85 bits per heavy atom. The van der Waals surface area contributed by atoms with Gasteiger partial charge in [0.2, 0.25) is 0 Å². The third-order valence-corrected chi connectivity index (χ3v) is 10.6. The van der Waals surface area contributed by atoms with E-state index >= 15 is 0 Å². The van der Waals surface area contributed by atoms with Crippen molar-refractivity contribution < 1.29 is 3.83 Å². The van der Waals surface area contributed by atoms with Crippen LogP contribution in [0.3, 0.4) is 0 Å². The molecule has 0 aliphatic carbocycles. The molecule has 0 spiro atoms. The maximum absolute atomic E-state index is 11.8. The van der Waals surface area contributed by atoms with E-state index in [1.54, 1.807) is 0 Å². The fraction of sp³-hybridized carbons (Fsp3) is 0. The van der Waals surface area contributed by atoms with E-state index in [0.29, 0.717) is 0 Å². The van der Waals surface area contributed by atoms with Gasteiger partial charge >= 0.3 is 85.1 Å². The predicted octanol–water partition coefficient (Wildman–Crippen LogP) is 0.309. The van der Waals surface area contributed by atoms with E-state index < -0.39 is 12.0 Å². The SMILES string of the molecule is O=[Se]1[Se]c2cccc3cccc1c23. The topological polar surface area (TPSA) is 17.1 Å². The van der Waals surface area contributed by atoms with Gasteiger partial charge in [0.25, 0.3) is 0 Å². The summed E-state index contributed by atoms with van der Waals surface area (Å²) in [6, 6.07) is 12.4. The summed E-state index contributed by atoms with van der Waals surface area (Å²) in [7, 11) is 0. The molecule has 2 aromatic rings. The number of rotatable bonds is 0. The van der Waals surface area contributed by atoms with Crippen LogP contribution in [0.1, 0.15) is 0 Å². The molecule has 1 aliphatic heterocycles. The van der Waals surface area contributed by atoms with Crippen LogP contribution in [0.2, 0.25) is 0 Å². The third kappa shape index (κ3) is 1.06. The van der Waals surface area contributed by atoms with E-state index in [4.69, 9.17) is 0 Å². The molecule has 64 valence electrons. The van der Waals surface area contributed by atoms with Crippen LogP contribution in [0, 0.1) is 0 Å². The minimum absolute atomic E-state index is 0.225. The number of benzene rings is 2. The predicted molar refractivity (Wildman–Crippen MR) is 55.4 cm³/mol. The first kappa shape index (κ1) is 7.90. The maximum atomic E-state index is 11.8. The van der Waals surface area contributed by atoms with Crippen LogP contribution in [0.4, 0.5) is 0 Å². The minimum atomic E-state index is -1.67. The van der Waals surface area contributed by atoms with E-state index in [0.717, 1.165) is 4.46 Å². The zero-order chi connectivity index (χ0) is 8.84. The molecular weight excluding hydrogens is 294 g/mol. The van der Waals surface area contributed by atoms with Gasteiger partial charge in [-0.1, -0.05) is 0 Å². The van der Waals surface area contributed by atoms with E-state index in [2.05, 4.69) is 24.3 Å². The molecule has 0 radical (unpaired) electrons. The molecule has 1 unspecified atom stereocenters. The quantitative estimate of drug-likeness (QED) is 0.640. The summed E-state index contributed by atoms with van der Waals surface area (Å²) < 4.78 is 14.2. The first-order valence-electron chi connectivity index (χ1n) is 3.98. The first-order valence-corrected chi connectivity index (χ1v) is 10.7. The Morgan fingerprint density at radius 3 is 2.69 bits per heavy atom. The number of hydrogen-bond donors (Lipinski definition) is 0. The van der Waals surface area contributed by atoms with Crippen molar-refractivity contribution >= 4 is 44.8 Å². The van der Waals surface area contributed by atoms with Gasteiger partial charge in [0.15, 0.2) is 0 Å². The van der Waals surface area contributed by atoms with Crippen molar-refractivity contribution in [3.8, 4) is 0 Å². The molecule has 0 amide bonds. The van der Waals surface area contributed by atoms with Crippen molar-refractivity contribution in [1.29, 1.82) is 0 Å².